The van der Waals surface area contributed by atoms with Crippen LogP contribution in [-0.4, -0.2) is 49.2 Å². The second-order valence-corrected chi connectivity index (χ2v) is 7.92. The van der Waals surface area contributed by atoms with Crippen molar-refractivity contribution >= 4 is 11.8 Å². The summed E-state index contributed by atoms with van der Waals surface area (Å²) in [6.45, 7) is 1.87. The van der Waals surface area contributed by atoms with E-state index < -0.39 is 34.7 Å². The zero-order valence-corrected chi connectivity index (χ0v) is 15.9. The zero-order valence-electron chi connectivity index (χ0n) is 15.9. The number of nitrogens with zero attached hydrogens (tertiary/aromatic N) is 4. The van der Waals surface area contributed by atoms with Gasteiger partial charge in [-0.2, -0.15) is 13.2 Å². The van der Waals surface area contributed by atoms with Crippen molar-refractivity contribution in [3.63, 3.8) is 0 Å². The molecule has 30 heavy (non-hydrogen) atoms. The fourth-order valence-corrected chi connectivity index (χ4v) is 4.61. The molecule has 11 heteroatoms. The van der Waals surface area contributed by atoms with E-state index in [1.165, 1.54) is 0 Å². The van der Waals surface area contributed by atoms with Crippen molar-refractivity contribution in [3.05, 3.63) is 36.0 Å². The normalized spacial score (nSPS) is 25.6. The Morgan fingerprint density at radius 2 is 1.97 bits per heavy atom. The van der Waals surface area contributed by atoms with Gasteiger partial charge in [0.25, 0.3) is 0 Å². The van der Waals surface area contributed by atoms with Gasteiger partial charge in [0, 0.05) is 17.8 Å². The monoisotopic (exact) mass is 425 g/mol. The first-order valence-electron chi connectivity index (χ1n) is 9.39. The number of pyridine rings is 1. The predicted octanol–water partition coefficient (Wildman–Crippen LogP) is 3.46. The smallest absolute Gasteiger partial charge is 0.394 e. The van der Waals surface area contributed by atoms with Crippen LogP contribution in [0.3, 0.4) is 0 Å². The minimum atomic E-state index is -4.74. The maximum absolute atomic E-state index is 13.4. The van der Waals surface area contributed by atoms with E-state index in [9.17, 15) is 27.5 Å². The number of hydrogen-bond donors (Lipinski definition) is 2. The molecule has 4 heterocycles. The van der Waals surface area contributed by atoms with Crippen molar-refractivity contribution < 1.29 is 27.5 Å². The summed E-state index contributed by atoms with van der Waals surface area (Å²) >= 11 is 0. The molecule has 3 atom stereocenters. The molecule has 160 valence electrons. The first-order valence-corrected chi connectivity index (χ1v) is 9.39. The van der Waals surface area contributed by atoms with Crippen LogP contribution in [0.1, 0.15) is 31.7 Å². The number of alkyl halides is 3. The van der Waals surface area contributed by atoms with Gasteiger partial charge in [0.15, 0.2) is 11.6 Å². The van der Waals surface area contributed by atoms with Gasteiger partial charge in [0.2, 0.25) is 0 Å². The lowest BCUT2D eigenvalue weighted by molar-refractivity contribution is -0.137. The van der Waals surface area contributed by atoms with Crippen LogP contribution >= 0.6 is 0 Å². The summed E-state index contributed by atoms with van der Waals surface area (Å²) in [6.07, 6.45) is -0.501. The Morgan fingerprint density at radius 3 is 2.60 bits per heavy atom. The van der Waals surface area contributed by atoms with Gasteiger partial charge >= 0.3 is 12.2 Å². The number of halogens is 4. The third-order valence-corrected chi connectivity index (χ3v) is 5.71. The van der Waals surface area contributed by atoms with Gasteiger partial charge in [0.05, 0.1) is 30.1 Å². The van der Waals surface area contributed by atoms with Crippen LogP contribution in [0, 0.1) is 11.7 Å². The molecule has 3 fully saturated rings. The van der Waals surface area contributed by atoms with Crippen molar-refractivity contribution in [2.75, 3.05) is 11.9 Å². The summed E-state index contributed by atoms with van der Waals surface area (Å²) in [5, 5.41) is 12.3. The molecule has 2 amide bonds. The van der Waals surface area contributed by atoms with Crippen LogP contribution in [0.2, 0.25) is 0 Å². The lowest BCUT2D eigenvalue weighted by Gasteiger charge is -2.62. The van der Waals surface area contributed by atoms with Crippen LogP contribution in [0.4, 0.5) is 28.2 Å². The van der Waals surface area contributed by atoms with E-state index >= 15 is 0 Å². The van der Waals surface area contributed by atoms with Crippen molar-refractivity contribution in [1.29, 1.82) is 0 Å². The molecule has 2 N–H and O–H groups in total. The Kier molecular flexibility index (Phi) is 4.88. The second-order valence-electron chi connectivity index (χ2n) is 7.92. The van der Waals surface area contributed by atoms with Gasteiger partial charge in [-0.1, -0.05) is 6.92 Å². The van der Waals surface area contributed by atoms with Gasteiger partial charge in [-0.3, -0.25) is 5.32 Å². The van der Waals surface area contributed by atoms with Crippen LogP contribution in [0.5, 0.6) is 0 Å². The number of amides is 2. The predicted molar refractivity (Wildman–Crippen MR) is 97.7 cm³/mol. The minimum absolute atomic E-state index is 0.0322. The molecule has 0 radical (unpaired) electrons. The summed E-state index contributed by atoms with van der Waals surface area (Å²) in [5.74, 6) is -0.890. The first kappa shape index (κ1) is 20.5. The molecule has 5 rings (SSSR count). The van der Waals surface area contributed by atoms with Crippen molar-refractivity contribution in [1.82, 2.24) is 19.9 Å². The molecule has 2 aromatic rings. The van der Waals surface area contributed by atoms with E-state index in [0.29, 0.717) is 25.0 Å². The maximum Gasteiger partial charge on any atom is 0.418 e. The largest absolute Gasteiger partial charge is 0.418 e. The van der Waals surface area contributed by atoms with E-state index in [2.05, 4.69) is 27.2 Å². The number of hydrogen-bond acceptors (Lipinski definition) is 5. The quantitative estimate of drug-likeness (QED) is 0.735. The van der Waals surface area contributed by atoms with Gasteiger partial charge < -0.3 is 10.0 Å². The van der Waals surface area contributed by atoms with Crippen molar-refractivity contribution in [2.45, 2.75) is 43.9 Å². The second kappa shape index (κ2) is 7.15. The summed E-state index contributed by atoms with van der Waals surface area (Å²) in [7, 11) is 0. The number of piperidine rings is 1. The Hall–Kier alpha value is -2.82. The maximum atomic E-state index is 13.4. The molecule has 2 saturated heterocycles. The highest BCUT2D eigenvalue weighted by Crippen LogP contribution is 2.49. The molecule has 0 spiro atoms. The SMILES string of the molecule is C[C@@H]1C[C@@H]2C[C@](CO)(C1)N2C(=O)Nc1cc(-c2ncc(F)cn2)c(C(F)(F)F)cn1. The fourth-order valence-electron chi connectivity index (χ4n) is 4.61. The third-order valence-electron chi connectivity index (χ3n) is 5.71. The average molecular weight is 425 g/mol. The number of aliphatic hydroxyl groups is 1. The molecule has 2 aromatic heterocycles. The summed E-state index contributed by atoms with van der Waals surface area (Å²) in [4.78, 5) is 25.3. The topological polar surface area (TPSA) is 91.2 Å². The molecule has 0 aromatic carbocycles. The first-order chi connectivity index (χ1) is 14.1. The molecule has 2 aliphatic heterocycles. The standard InChI is InChI=1S/C19H19F4N5O2/c1-10-2-12-5-18(4-10,9-29)28(12)17(30)27-15-3-13(14(8-24-15)19(21,22)23)16-25-6-11(20)7-26-16/h3,6-8,10,12,29H,2,4-5,9H2,1H3,(H,24,27,30)/t10-,12-,18+/m1/s1. The molecule has 2 bridgehead atoms. The minimum Gasteiger partial charge on any atom is -0.394 e. The Bertz CT molecular complexity index is 968. The van der Waals surface area contributed by atoms with Gasteiger partial charge in [0.1, 0.15) is 5.82 Å². The van der Waals surface area contributed by atoms with Crippen molar-refractivity contribution in [3.8, 4) is 11.4 Å². The number of carbonyl (C=O) groups excluding carboxylic acids is 1. The van der Waals surface area contributed by atoms with E-state index in [1.807, 2.05) is 0 Å². The lowest BCUT2D eigenvalue weighted by atomic mass is 9.65. The van der Waals surface area contributed by atoms with Crippen LogP contribution < -0.4 is 5.32 Å². The number of urea groups is 1. The molecule has 1 aliphatic carbocycles. The Morgan fingerprint density at radius 1 is 1.27 bits per heavy atom. The molecular weight excluding hydrogens is 406 g/mol. The third kappa shape index (κ3) is 3.47. The van der Waals surface area contributed by atoms with Gasteiger partial charge in [-0.15, -0.1) is 0 Å². The van der Waals surface area contributed by atoms with E-state index in [1.54, 1.807) is 4.90 Å². The lowest BCUT2D eigenvalue weighted by Crippen LogP contribution is -2.73. The molecule has 7 nitrogen and oxygen atoms in total. The summed E-state index contributed by atoms with van der Waals surface area (Å²) in [6, 6.07) is 0.443. The number of carbonyl (C=O) groups is 1. The zero-order chi connectivity index (χ0) is 21.7. The summed E-state index contributed by atoms with van der Waals surface area (Å²) < 4.78 is 53.3. The van der Waals surface area contributed by atoms with Gasteiger partial charge in [-0.05, 0) is 31.2 Å². The van der Waals surface area contributed by atoms with Crippen molar-refractivity contribution in [2.24, 2.45) is 5.92 Å². The molecule has 0 unspecified atom stereocenters. The van der Waals surface area contributed by atoms with E-state index in [4.69, 9.17) is 0 Å². The van der Waals surface area contributed by atoms with Crippen LogP contribution in [0.15, 0.2) is 24.7 Å². The fraction of sp³-hybridized carbons (Fsp3) is 0.474. The van der Waals surface area contributed by atoms with Crippen LogP contribution in [0.25, 0.3) is 11.4 Å². The Balaban J connectivity index is 1.63. The highest BCUT2D eigenvalue weighted by atomic mass is 19.4. The number of rotatable bonds is 3. The van der Waals surface area contributed by atoms with E-state index in [-0.39, 0.29) is 24.3 Å². The highest BCUT2D eigenvalue weighted by molar-refractivity contribution is 5.90. The molecular formula is C19H19F4N5O2. The Labute approximate surface area is 169 Å². The molecule has 1 saturated carbocycles. The molecule has 3 aliphatic rings. The number of fused-ring (bicyclic) bond motifs is 2. The number of aromatic nitrogens is 3. The van der Waals surface area contributed by atoms with E-state index in [0.717, 1.165) is 24.9 Å². The van der Waals surface area contributed by atoms with Gasteiger partial charge in [-0.25, -0.2) is 24.1 Å². The number of nitrogens with one attached hydrogen (secondary N) is 1. The summed E-state index contributed by atoms with van der Waals surface area (Å²) in [5.41, 5.74) is -2.18. The van der Waals surface area contributed by atoms with Crippen LogP contribution in [-0.2, 0) is 6.18 Å². The number of anilines is 1. The average Bonchev–Trinajstić information content (AvgIpc) is 2.66. The highest BCUT2D eigenvalue weighted by Gasteiger charge is 2.57. The number of aliphatic hydroxyl groups excluding tert-OH is 1.